The number of carbonyl (C=O) groups is 1. The van der Waals surface area contributed by atoms with Crippen LogP contribution in [-0.4, -0.2) is 33.4 Å². The van der Waals surface area contributed by atoms with E-state index in [-0.39, 0.29) is 0 Å². The summed E-state index contributed by atoms with van der Waals surface area (Å²) in [5.74, 6) is 2.49. The lowest BCUT2D eigenvalue weighted by molar-refractivity contribution is -0.136. The van der Waals surface area contributed by atoms with Crippen LogP contribution in [0, 0.1) is 18.8 Å². The Labute approximate surface area is 143 Å². The van der Waals surface area contributed by atoms with Gasteiger partial charge in [-0.1, -0.05) is 25.0 Å². The molecule has 0 spiro atoms. The van der Waals surface area contributed by atoms with Crippen LogP contribution in [-0.2, 0) is 11.3 Å². The van der Waals surface area contributed by atoms with Crippen molar-refractivity contribution in [3.8, 4) is 0 Å². The largest absolute Gasteiger partial charge is 0.342 e. The van der Waals surface area contributed by atoms with E-state index in [9.17, 15) is 4.79 Å². The van der Waals surface area contributed by atoms with Crippen molar-refractivity contribution in [2.75, 3.05) is 13.1 Å². The molecule has 2 aromatic rings. The molecule has 4 heteroatoms. The second kappa shape index (κ2) is 6.58. The molecule has 2 heterocycles. The van der Waals surface area contributed by atoms with Crippen molar-refractivity contribution >= 4 is 16.9 Å². The SMILES string of the molecule is Cc1nc2ccccc2n1CC1CCN(C(=O)C2CCCC2)CC1. The Hall–Kier alpha value is -1.84. The maximum atomic E-state index is 12.6. The van der Waals surface area contributed by atoms with Gasteiger partial charge in [0.2, 0.25) is 5.91 Å². The topological polar surface area (TPSA) is 38.1 Å². The van der Waals surface area contributed by atoms with Gasteiger partial charge in [0.25, 0.3) is 0 Å². The molecule has 0 atom stereocenters. The van der Waals surface area contributed by atoms with Gasteiger partial charge in [-0.2, -0.15) is 0 Å². The molecule has 4 rings (SSSR count). The standard InChI is InChI=1S/C20H27N3O/c1-15-21-18-8-4-5-9-19(18)23(15)14-16-10-12-22(13-11-16)20(24)17-6-2-3-7-17/h4-5,8-9,16-17H,2-3,6-7,10-14H2,1H3. The monoisotopic (exact) mass is 325 g/mol. The van der Waals surface area contributed by atoms with Crippen molar-refractivity contribution in [3.63, 3.8) is 0 Å². The number of likely N-dealkylation sites (tertiary alicyclic amines) is 1. The molecule has 0 bridgehead atoms. The number of piperidine rings is 1. The molecule has 128 valence electrons. The highest BCUT2D eigenvalue weighted by atomic mass is 16.2. The van der Waals surface area contributed by atoms with Gasteiger partial charge in [0, 0.05) is 25.6 Å². The van der Waals surface area contributed by atoms with E-state index in [1.165, 1.54) is 18.4 Å². The molecule has 24 heavy (non-hydrogen) atoms. The van der Waals surface area contributed by atoms with Gasteiger partial charge in [0.05, 0.1) is 11.0 Å². The number of benzene rings is 1. The first-order valence-corrected chi connectivity index (χ1v) is 9.43. The molecular weight excluding hydrogens is 298 g/mol. The molecule has 2 aliphatic rings. The van der Waals surface area contributed by atoms with E-state index >= 15 is 0 Å². The van der Waals surface area contributed by atoms with E-state index in [0.29, 0.717) is 17.7 Å². The Morgan fingerprint density at radius 2 is 1.83 bits per heavy atom. The third-order valence-electron chi connectivity index (χ3n) is 5.92. The molecule has 2 fully saturated rings. The number of amides is 1. The lowest BCUT2D eigenvalue weighted by Crippen LogP contribution is -2.42. The molecule has 0 N–H and O–H groups in total. The molecule has 0 radical (unpaired) electrons. The summed E-state index contributed by atoms with van der Waals surface area (Å²) in [5, 5.41) is 0. The molecule has 1 aromatic heterocycles. The molecule has 1 aromatic carbocycles. The minimum Gasteiger partial charge on any atom is -0.342 e. The molecule has 1 aliphatic carbocycles. The summed E-state index contributed by atoms with van der Waals surface area (Å²) in [5.41, 5.74) is 2.32. The van der Waals surface area contributed by atoms with Crippen LogP contribution in [0.15, 0.2) is 24.3 Å². The predicted octanol–water partition coefficient (Wildman–Crippen LogP) is 3.77. The Balaban J connectivity index is 1.39. The van der Waals surface area contributed by atoms with E-state index in [2.05, 4.69) is 39.6 Å². The summed E-state index contributed by atoms with van der Waals surface area (Å²) in [4.78, 5) is 19.4. The van der Waals surface area contributed by atoms with E-state index in [1.54, 1.807) is 0 Å². The number of nitrogens with zero attached hydrogens (tertiary/aromatic N) is 3. The third kappa shape index (κ3) is 2.94. The van der Waals surface area contributed by atoms with Crippen LogP contribution in [0.4, 0.5) is 0 Å². The van der Waals surface area contributed by atoms with Gasteiger partial charge >= 0.3 is 0 Å². The summed E-state index contributed by atoms with van der Waals surface area (Å²) in [6.07, 6.45) is 6.92. The Morgan fingerprint density at radius 1 is 1.12 bits per heavy atom. The Morgan fingerprint density at radius 3 is 2.58 bits per heavy atom. The van der Waals surface area contributed by atoms with Crippen molar-refractivity contribution in [1.82, 2.24) is 14.5 Å². The Bertz CT molecular complexity index is 722. The highest BCUT2D eigenvalue weighted by Crippen LogP contribution is 2.29. The Kier molecular flexibility index (Phi) is 4.30. The normalized spacial score (nSPS) is 20.1. The van der Waals surface area contributed by atoms with Crippen molar-refractivity contribution < 1.29 is 4.79 Å². The maximum absolute atomic E-state index is 12.6. The maximum Gasteiger partial charge on any atom is 0.225 e. The number of hydrogen-bond acceptors (Lipinski definition) is 2. The zero-order valence-corrected chi connectivity index (χ0v) is 14.6. The van der Waals surface area contributed by atoms with Gasteiger partial charge in [-0.15, -0.1) is 0 Å². The molecular formula is C20H27N3O. The van der Waals surface area contributed by atoms with Crippen molar-refractivity contribution in [1.29, 1.82) is 0 Å². The molecule has 4 nitrogen and oxygen atoms in total. The molecule has 1 saturated carbocycles. The first-order chi connectivity index (χ1) is 11.7. The molecule has 1 aliphatic heterocycles. The van der Waals surface area contributed by atoms with E-state index in [0.717, 1.165) is 56.7 Å². The van der Waals surface area contributed by atoms with Crippen LogP contribution < -0.4 is 0 Å². The van der Waals surface area contributed by atoms with E-state index < -0.39 is 0 Å². The van der Waals surface area contributed by atoms with Gasteiger partial charge in [0.1, 0.15) is 5.82 Å². The van der Waals surface area contributed by atoms with Crippen LogP contribution in [0.2, 0.25) is 0 Å². The van der Waals surface area contributed by atoms with E-state index in [4.69, 9.17) is 0 Å². The highest BCUT2D eigenvalue weighted by Gasteiger charge is 2.30. The average molecular weight is 325 g/mol. The minimum atomic E-state index is 0.321. The van der Waals surface area contributed by atoms with Gasteiger partial charge in [-0.25, -0.2) is 4.98 Å². The summed E-state index contributed by atoms with van der Waals surface area (Å²) in [6.45, 7) is 4.99. The van der Waals surface area contributed by atoms with Gasteiger partial charge in [0.15, 0.2) is 0 Å². The number of aryl methyl sites for hydroxylation is 1. The first kappa shape index (κ1) is 15.7. The second-order valence-electron chi connectivity index (χ2n) is 7.51. The van der Waals surface area contributed by atoms with Crippen molar-refractivity contribution in [2.45, 2.75) is 52.0 Å². The fraction of sp³-hybridized carbons (Fsp3) is 0.600. The number of hydrogen-bond donors (Lipinski definition) is 0. The molecule has 0 unspecified atom stereocenters. The minimum absolute atomic E-state index is 0.321. The molecule has 1 saturated heterocycles. The lowest BCUT2D eigenvalue weighted by Gasteiger charge is -2.34. The third-order valence-corrected chi connectivity index (χ3v) is 5.92. The average Bonchev–Trinajstić information content (AvgIpc) is 3.24. The summed E-state index contributed by atoms with van der Waals surface area (Å²) < 4.78 is 2.36. The summed E-state index contributed by atoms with van der Waals surface area (Å²) in [6, 6.07) is 8.38. The number of para-hydroxylation sites is 2. The zero-order chi connectivity index (χ0) is 16.5. The van der Waals surface area contributed by atoms with Crippen LogP contribution in [0.3, 0.4) is 0 Å². The summed E-state index contributed by atoms with van der Waals surface area (Å²) >= 11 is 0. The fourth-order valence-electron chi connectivity index (χ4n) is 4.45. The fourth-order valence-corrected chi connectivity index (χ4v) is 4.45. The second-order valence-corrected chi connectivity index (χ2v) is 7.51. The summed E-state index contributed by atoms with van der Waals surface area (Å²) in [7, 11) is 0. The van der Waals surface area contributed by atoms with Crippen LogP contribution in [0.1, 0.15) is 44.3 Å². The van der Waals surface area contributed by atoms with Gasteiger partial charge in [-0.05, 0) is 50.7 Å². The van der Waals surface area contributed by atoms with Crippen LogP contribution >= 0.6 is 0 Å². The molecule has 1 amide bonds. The highest BCUT2D eigenvalue weighted by molar-refractivity contribution is 5.79. The predicted molar refractivity (Wildman–Crippen MR) is 95.7 cm³/mol. The van der Waals surface area contributed by atoms with E-state index in [1.807, 2.05) is 6.07 Å². The lowest BCUT2D eigenvalue weighted by atomic mass is 9.95. The number of rotatable bonds is 3. The van der Waals surface area contributed by atoms with Crippen molar-refractivity contribution in [2.24, 2.45) is 11.8 Å². The number of fused-ring (bicyclic) bond motifs is 1. The van der Waals surface area contributed by atoms with Crippen LogP contribution in [0.5, 0.6) is 0 Å². The van der Waals surface area contributed by atoms with Gasteiger partial charge < -0.3 is 9.47 Å². The first-order valence-electron chi connectivity index (χ1n) is 9.43. The smallest absolute Gasteiger partial charge is 0.225 e. The number of imidazole rings is 1. The number of aromatic nitrogens is 2. The number of carbonyl (C=O) groups excluding carboxylic acids is 1. The van der Waals surface area contributed by atoms with Crippen LogP contribution in [0.25, 0.3) is 11.0 Å². The van der Waals surface area contributed by atoms with Crippen molar-refractivity contribution in [3.05, 3.63) is 30.1 Å². The quantitative estimate of drug-likeness (QED) is 0.861. The zero-order valence-electron chi connectivity index (χ0n) is 14.6. The van der Waals surface area contributed by atoms with Gasteiger partial charge in [-0.3, -0.25) is 4.79 Å².